The number of nitrogens with zero attached hydrogens (tertiary/aromatic N) is 2. The molecule has 0 aliphatic carbocycles. The Kier molecular flexibility index (Phi) is 5.57. The molecule has 2 saturated heterocycles. The van der Waals surface area contributed by atoms with E-state index < -0.39 is 11.3 Å². The third-order valence-corrected chi connectivity index (χ3v) is 4.64. The number of carbonyl (C=O) groups excluding carboxylic acids is 1. The summed E-state index contributed by atoms with van der Waals surface area (Å²) < 4.78 is 20.4. The summed E-state index contributed by atoms with van der Waals surface area (Å²) >= 11 is 0. The zero-order valence-corrected chi connectivity index (χ0v) is 14.6. The number of amides is 1. The van der Waals surface area contributed by atoms with Crippen LogP contribution in [0.2, 0.25) is 0 Å². The average molecular weight is 324 g/mol. The van der Waals surface area contributed by atoms with Crippen molar-refractivity contribution in [3.05, 3.63) is 0 Å². The van der Waals surface area contributed by atoms with Gasteiger partial charge in [0.2, 0.25) is 0 Å². The maximum Gasteiger partial charge on any atom is 0.410 e. The molecule has 2 aliphatic rings. The highest BCUT2D eigenvalue weighted by molar-refractivity contribution is 5.68. The summed E-state index contributed by atoms with van der Waals surface area (Å²) in [4.78, 5) is 15.8. The zero-order chi connectivity index (χ0) is 17.1. The van der Waals surface area contributed by atoms with Gasteiger partial charge >= 0.3 is 6.09 Å². The summed E-state index contributed by atoms with van der Waals surface area (Å²) in [7, 11) is 0. The number of piperidine rings is 2. The molecular formula is C18H29FN2O2. The van der Waals surface area contributed by atoms with Gasteiger partial charge in [0.05, 0.1) is 0 Å². The smallest absolute Gasteiger partial charge is 0.410 e. The van der Waals surface area contributed by atoms with Gasteiger partial charge in [0.25, 0.3) is 0 Å². The Labute approximate surface area is 139 Å². The van der Waals surface area contributed by atoms with Crippen molar-refractivity contribution in [3.8, 4) is 12.3 Å². The van der Waals surface area contributed by atoms with Gasteiger partial charge in [-0.25, -0.2) is 9.18 Å². The molecule has 0 radical (unpaired) electrons. The molecule has 5 heteroatoms. The minimum Gasteiger partial charge on any atom is -0.444 e. The van der Waals surface area contributed by atoms with Gasteiger partial charge in [-0.2, -0.15) is 0 Å². The van der Waals surface area contributed by atoms with Gasteiger partial charge in [-0.15, -0.1) is 12.3 Å². The van der Waals surface area contributed by atoms with Crippen LogP contribution in [-0.2, 0) is 4.74 Å². The van der Waals surface area contributed by atoms with Gasteiger partial charge in [0.15, 0.2) is 0 Å². The molecule has 2 fully saturated rings. The molecule has 4 nitrogen and oxygen atoms in total. The van der Waals surface area contributed by atoms with Crippen LogP contribution in [0.5, 0.6) is 0 Å². The normalized spacial score (nSPS) is 23.3. The van der Waals surface area contributed by atoms with E-state index >= 15 is 4.39 Å². The summed E-state index contributed by atoms with van der Waals surface area (Å²) in [6, 6.07) is 0. The molecule has 0 saturated carbocycles. The minimum atomic E-state index is -1.21. The quantitative estimate of drug-likeness (QED) is 0.732. The van der Waals surface area contributed by atoms with Crippen LogP contribution in [0.1, 0.15) is 46.5 Å². The van der Waals surface area contributed by atoms with Crippen molar-refractivity contribution in [3.63, 3.8) is 0 Å². The second-order valence-electron chi connectivity index (χ2n) is 7.84. The van der Waals surface area contributed by atoms with E-state index in [1.807, 2.05) is 20.8 Å². The van der Waals surface area contributed by atoms with Crippen molar-refractivity contribution in [1.82, 2.24) is 9.80 Å². The van der Waals surface area contributed by atoms with Crippen molar-refractivity contribution in [2.45, 2.75) is 57.7 Å². The Morgan fingerprint density at radius 1 is 1.26 bits per heavy atom. The van der Waals surface area contributed by atoms with E-state index in [-0.39, 0.29) is 6.09 Å². The lowest BCUT2D eigenvalue weighted by Gasteiger charge is -2.40. The molecule has 0 unspecified atom stereocenters. The average Bonchev–Trinajstić information content (AvgIpc) is 2.46. The van der Waals surface area contributed by atoms with E-state index in [2.05, 4.69) is 10.8 Å². The van der Waals surface area contributed by atoms with Crippen molar-refractivity contribution >= 4 is 6.09 Å². The Morgan fingerprint density at radius 2 is 1.83 bits per heavy atom. The first kappa shape index (κ1) is 18.1. The second-order valence-corrected chi connectivity index (χ2v) is 7.84. The van der Waals surface area contributed by atoms with E-state index in [4.69, 9.17) is 11.2 Å². The predicted molar refractivity (Wildman–Crippen MR) is 88.9 cm³/mol. The lowest BCUT2D eigenvalue weighted by Crippen LogP contribution is -2.51. The van der Waals surface area contributed by atoms with Crippen LogP contribution in [0.15, 0.2) is 0 Å². The standard InChI is InChI=1S/C18H29FN2O2/c1-5-15-6-10-20(11-7-15)14-18(19)8-12-21(13-9-18)16(22)23-17(2,3)4/h1,15H,6-14H2,2-4H3. The largest absolute Gasteiger partial charge is 0.444 e. The molecule has 2 aliphatic heterocycles. The number of terminal acetylenes is 1. The molecule has 2 rings (SSSR count). The molecule has 0 aromatic rings. The Bertz CT molecular complexity index is 451. The van der Waals surface area contributed by atoms with Crippen molar-refractivity contribution in [2.24, 2.45) is 5.92 Å². The number of halogens is 1. The topological polar surface area (TPSA) is 32.8 Å². The minimum absolute atomic E-state index is 0.339. The van der Waals surface area contributed by atoms with E-state index in [1.54, 1.807) is 4.90 Å². The van der Waals surface area contributed by atoms with Crippen molar-refractivity contribution < 1.29 is 13.9 Å². The zero-order valence-electron chi connectivity index (χ0n) is 14.6. The van der Waals surface area contributed by atoms with Gasteiger partial charge in [-0.3, -0.25) is 0 Å². The number of ether oxygens (including phenoxy) is 1. The molecule has 0 spiro atoms. The molecule has 0 bridgehead atoms. The van der Waals surface area contributed by atoms with Crippen LogP contribution in [-0.4, -0.2) is 59.9 Å². The van der Waals surface area contributed by atoms with Crippen LogP contribution in [0.4, 0.5) is 9.18 Å². The molecule has 1 amide bonds. The molecular weight excluding hydrogens is 295 g/mol. The molecule has 2 heterocycles. The number of rotatable bonds is 2. The first-order valence-corrected chi connectivity index (χ1v) is 8.56. The monoisotopic (exact) mass is 324 g/mol. The summed E-state index contributed by atoms with van der Waals surface area (Å²) in [6.07, 6.45) is 7.78. The number of hydrogen-bond donors (Lipinski definition) is 0. The fourth-order valence-electron chi connectivity index (χ4n) is 3.23. The number of likely N-dealkylation sites (tertiary alicyclic amines) is 2. The highest BCUT2D eigenvalue weighted by Crippen LogP contribution is 2.30. The highest BCUT2D eigenvalue weighted by atomic mass is 19.1. The first-order valence-electron chi connectivity index (χ1n) is 8.56. The molecule has 0 N–H and O–H groups in total. The van der Waals surface area contributed by atoms with Gasteiger partial charge in [-0.1, -0.05) is 0 Å². The van der Waals surface area contributed by atoms with Crippen molar-refractivity contribution in [1.29, 1.82) is 0 Å². The first-order chi connectivity index (χ1) is 10.7. The Balaban J connectivity index is 1.79. The van der Waals surface area contributed by atoms with E-state index in [9.17, 15) is 4.79 Å². The predicted octanol–water partition coefficient (Wildman–Crippen LogP) is 3.07. The Morgan fingerprint density at radius 3 is 2.30 bits per heavy atom. The fourth-order valence-corrected chi connectivity index (χ4v) is 3.23. The molecule has 130 valence electrons. The molecule has 0 atom stereocenters. The lowest BCUT2D eigenvalue weighted by atomic mass is 9.91. The van der Waals surface area contributed by atoms with Gasteiger partial charge in [-0.05, 0) is 46.7 Å². The maximum absolute atomic E-state index is 15.1. The lowest BCUT2D eigenvalue weighted by molar-refractivity contribution is -0.00839. The van der Waals surface area contributed by atoms with Crippen LogP contribution >= 0.6 is 0 Å². The summed E-state index contributed by atoms with van der Waals surface area (Å²) in [5.41, 5.74) is -1.72. The van der Waals surface area contributed by atoms with E-state index in [0.29, 0.717) is 38.4 Å². The Hall–Kier alpha value is -1.28. The molecule has 0 aromatic heterocycles. The van der Waals surface area contributed by atoms with E-state index in [0.717, 1.165) is 25.9 Å². The van der Waals surface area contributed by atoms with Gasteiger partial charge in [0.1, 0.15) is 11.3 Å². The SMILES string of the molecule is C#CC1CCN(CC2(F)CCN(C(=O)OC(C)(C)C)CC2)CC1. The third-order valence-electron chi connectivity index (χ3n) is 4.64. The molecule has 0 aromatic carbocycles. The van der Waals surface area contributed by atoms with E-state index in [1.165, 1.54) is 0 Å². The maximum atomic E-state index is 15.1. The van der Waals surface area contributed by atoms with Gasteiger partial charge < -0.3 is 14.5 Å². The van der Waals surface area contributed by atoms with Crippen molar-refractivity contribution in [2.75, 3.05) is 32.7 Å². The van der Waals surface area contributed by atoms with Crippen LogP contribution < -0.4 is 0 Å². The summed E-state index contributed by atoms with van der Waals surface area (Å²) in [5, 5.41) is 0. The van der Waals surface area contributed by atoms with Gasteiger partial charge in [0, 0.05) is 38.4 Å². The summed E-state index contributed by atoms with van der Waals surface area (Å²) in [5.74, 6) is 3.14. The highest BCUT2D eigenvalue weighted by Gasteiger charge is 2.39. The number of carbonyl (C=O) groups is 1. The third kappa shape index (κ3) is 5.39. The number of alkyl halides is 1. The van der Waals surface area contributed by atoms with Crippen LogP contribution in [0.3, 0.4) is 0 Å². The fraction of sp³-hybridized carbons (Fsp3) is 0.833. The second kappa shape index (κ2) is 7.09. The molecule has 23 heavy (non-hydrogen) atoms. The summed E-state index contributed by atoms with van der Waals surface area (Å²) in [6.45, 7) is 8.56. The number of hydrogen-bond acceptors (Lipinski definition) is 3. The van der Waals surface area contributed by atoms with Crippen LogP contribution in [0, 0.1) is 18.3 Å². The van der Waals surface area contributed by atoms with Crippen LogP contribution in [0.25, 0.3) is 0 Å².